The topological polar surface area (TPSA) is 52.7 Å². The van der Waals surface area contributed by atoms with Crippen molar-refractivity contribution in [1.82, 2.24) is 19.1 Å². The van der Waals surface area contributed by atoms with Crippen LogP contribution in [0.25, 0.3) is 0 Å². The van der Waals surface area contributed by atoms with Gasteiger partial charge in [-0.3, -0.25) is 9.13 Å². The summed E-state index contributed by atoms with van der Waals surface area (Å²) < 4.78 is 3.44. The summed E-state index contributed by atoms with van der Waals surface area (Å²) in [6, 6.07) is 2.19. The molecule has 16 heavy (non-hydrogen) atoms. The Labute approximate surface area is 92.4 Å². The maximum atomic E-state index is 11.9. The highest BCUT2D eigenvalue weighted by atomic mass is 16.1. The second-order valence-corrected chi connectivity index (χ2v) is 4.01. The lowest BCUT2D eigenvalue weighted by atomic mass is 10.5. The van der Waals surface area contributed by atoms with E-state index in [1.165, 1.54) is 0 Å². The molecule has 0 radical (unpaired) electrons. The Morgan fingerprint density at radius 3 is 2.69 bits per heavy atom. The van der Waals surface area contributed by atoms with E-state index >= 15 is 0 Å². The van der Waals surface area contributed by atoms with Crippen molar-refractivity contribution in [2.75, 3.05) is 0 Å². The number of hydrogen-bond acceptors (Lipinski definition) is 3. The van der Waals surface area contributed by atoms with Gasteiger partial charge in [0.1, 0.15) is 5.82 Å². The molecule has 5 nitrogen and oxygen atoms in total. The van der Waals surface area contributed by atoms with Gasteiger partial charge in [0.25, 0.3) is 0 Å². The van der Waals surface area contributed by atoms with Crippen LogP contribution in [-0.2, 0) is 6.54 Å². The van der Waals surface area contributed by atoms with Crippen LogP contribution in [0.1, 0.15) is 24.7 Å². The van der Waals surface area contributed by atoms with Crippen LogP contribution in [0, 0.1) is 0 Å². The monoisotopic (exact) mass is 216 g/mol. The van der Waals surface area contributed by atoms with Gasteiger partial charge in [-0.25, -0.2) is 14.8 Å². The van der Waals surface area contributed by atoms with Crippen LogP contribution >= 0.6 is 0 Å². The van der Waals surface area contributed by atoms with Gasteiger partial charge in [-0.2, -0.15) is 0 Å². The van der Waals surface area contributed by atoms with E-state index < -0.39 is 0 Å². The lowest BCUT2D eigenvalue weighted by Crippen LogP contribution is -2.24. The molecule has 1 fully saturated rings. The first kappa shape index (κ1) is 9.33. The first-order valence-electron chi connectivity index (χ1n) is 5.38. The molecule has 0 saturated heterocycles. The Morgan fingerprint density at radius 2 is 2.00 bits per heavy atom. The Balaban J connectivity index is 1.88. The predicted octanol–water partition coefficient (Wildman–Crippen LogP) is 0.823. The van der Waals surface area contributed by atoms with Gasteiger partial charge >= 0.3 is 5.69 Å². The zero-order chi connectivity index (χ0) is 11.0. The van der Waals surface area contributed by atoms with Gasteiger partial charge in [0.15, 0.2) is 0 Å². The van der Waals surface area contributed by atoms with Crippen molar-refractivity contribution in [2.24, 2.45) is 0 Å². The molecule has 0 N–H and O–H groups in total. The molecular formula is C11H12N4O. The molecule has 0 atom stereocenters. The van der Waals surface area contributed by atoms with Crippen molar-refractivity contribution in [3.05, 3.63) is 47.2 Å². The van der Waals surface area contributed by atoms with Crippen LogP contribution in [0.15, 0.2) is 35.6 Å². The molecule has 3 rings (SSSR count). The Hall–Kier alpha value is -1.91. The molecule has 1 aliphatic carbocycles. The van der Waals surface area contributed by atoms with Gasteiger partial charge in [0.05, 0.1) is 6.54 Å². The second-order valence-electron chi connectivity index (χ2n) is 4.01. The van der Waals surface area contributed by atoms with E-state index in [1.807, 2.05) is 6.20 Å². The number of aromatic nitrogens is 4. The highest BCUT2D eigenvalue weighted by molar-refractivity contribution is 4.95. The minimum absolute atomic E-state index is 0.0370. The molecule has 2 heterocycles. The van der Waals surface area contributed by atoms with Gasteiger partial charge in [-0.1, -0.05) is 0 Å². The highest BCUT2D eigenvalue weighted by Crippen LogP contribution is 2.33. The largest absolute Gasteiger partial charge is 0.328 e. The first-order valence-corrected chi connectivity index (χ1v) is 5.38. The summed E-state index contributed by atoms with van der Waals surface area (Å²) in [5.74, 6) is 0.665. The average molecular weight is 216 g/mol. The Morgan fingerprint density at radius 1 is 1.25 bits per heavy atom. The third-order valence-corrected chi connectivity index (χ3v) is 2.75. The van der Waals surface area contributed by atoms with Crippen LogP contribution < -0.4 is 5.69 Å². The Kier molecular flexibility index (Phi) is 2.09. The van der Waals surface area contributed by atoms with Gasteiger partial charge in [-0.15, -0.1) is 0 Å². The number of imidazole rings is 1. The second kappa shape index (κ2) is 3.59. The molecule has 1 saturated carbocycles. The quantitative estimate of drug-likeness (QED) is 0.763. The summed E-state index contributed by atoms with van der Waals surface area (Å²) in [6.07, 6.45) is 9.26. The fourth-order valence-electron chi connectivity index (χ4n) is 1.74. The van der Waals surface area contributed by atoms with E-state index in [-0.39, 0.29) is 5.69 Å². The minimum Gasteiger partial charge on any atom is -0.296 e. The van der Waals surface area contributed by atoms with E-state index in [0.29, 0.717) is 18.4 Å². The molecule has 0 aliphatic heterocycles. The molecule has 2 aromatic heterocycles. The van der Waals surface area contributed by atoms with Gasteiger partial charge in [0, 0.05) is 30.8 Å². The lowest BCUT2D eigenvalue weighted by Gasteiger charge is -1.99. The zero-order valence-electron chi connectivity index (χ0n) is 8.78. The van der Waals surface area contributed by atoms with Crippen LogP contribution in [0.4, 0.5) is 0 Å². The van der Waals surface area contributed by atoms with Crippen molar-refractivity contribution >= 4 is 0 Å². The van der Waals surface area contributed by atoms with Crippen LogP contribution in [0.5, 0.6) is 0 Å². The van der Waals surface area contributed by atoms with Crippen molar-refractivity contribution in [3.8, 4) is 0 Å². The zero-order valence-corrected chi connectivity index (χ0v) is 8.78. The molecule has 2 aromatic rings. The van der Waals surface area contributed by atoms with Gasteiger partial charge in [0.2, 0.25) is 0 Å². The van der Waals surface area contributed by atoms with Crippen molar-refractivity contribution < 1.29 is 0 Å². The van der Waals surface area contributed by atoms with Gasteiger partial charge < -0.3 is 0 Å². The lowest BCUT2D eigenvalue weighted by molar-refractivity contribution is 0.643. The smallest absolute Gasteiger partial charge is 0.296 e. The summed E-state index contributed by atoms with van der Waals surface area (Å²) in [5, 5.41) is 0. The van der Waals surface area contributed by atoms with Crippen LogP contribution in [0.3, 0.4) is 0 Å². The maximum absolute atomic E-state index is 11.9. The molecule has 0 spiro atoms. The molecule has 1 aliphatic rings. The van der Waals surface area contributed by atoms with E-state index in [4.69, 9.17) is 0 Å². The summed E-state index contributed by atoms with van der Waals surface area (Å²) in [4.78, 5) is 20.1. The van der Waals surface area contributed by atoms with Crippen LogP contribution in [0.2, 0.25) is 0 Å². The number of rotatable bonds is 3. The molecule has 0 unspecified atom stereocenters. The fourth-order valence-corrected chi connectivity index (χ4v) is 1.74. The summed E-state index contributed by atoms with van der Waals surface area (Å²) >= 11 is 0. The molecule has 0 aromatic carbocycles. The number of nitrogens with zero attached hydrogens (tertiary/aromatic N) is 4. The SMILES string of the molecule is O=c1n(Cc2ncccn2)ccn1C1CC1. The predicted molar refractivity (Wildman–Crippen MR) is 58.1 cm³/mol. The first-order chi connectivity index (χ1) is 7.84. The summed E-state index contributed by atoms with van der Waals surface area (Å²) in [5.41, 5.74) is 0.0370. The van der Waals surface area contributed by atoms with Crippen molar-refractivity contribution in [3.63, 3.8) is 0 Å². The highest BCUT2D eigenvalue weighted by Gasteiger charge is 2.25. The molecule has 0 bridgehead atoms. The maximum Gasteiger partial charge on any atom is 0.328 e. The van der Waals surface area contributed by atoms with Crippen molar-refractivity contribution in [1.29, 1.82) is 0 Å². The summed E-state index contributed by atoms with van der Waals surface area (Å²) in [6.45, 7) is 0.444. The third-order valence-electron chi connectivity index (χ3n) is 2.75. The fraction of sp³-hybridized carbons (Fsp3) is 0.364. The minimum atomic E-state index is 0.0370. The molecule has 5 heteroatoms. The average Bonchev–Trinajstić information content (AvgIpc) is 3.08. The number of hydrogen-bond donors (Lipinski definition) is 0. The van der Waals surface area contributed by atoms with E-state index in [0.717, 1.165) is 12.8 Å². The van der Waals surface area contributed by atoms with Crippen LogP contribution in [-0.4, -0.2) is 19.1 Å². The van der Waals surface area contributed by atoms with E-state index in [1.54, 1.807) is 33.8 Å². The van der Waals surface area contributed by atoms with Gasteiger partial charge in [-0.05, 0) is 18.9 Å². The standard InChI is InChI=1S/C11H12N4O/c16-11-14(6-7-15(11)9-2-3-9)8-10-12-4-1-5-13-10/h1,4-7,9H,2-3,8H2. The Bertz CT molecular complexity index is 539. The molecular weight excluding hydrogens is 204 g/mol. The van der Waals surface area contributed by atoms with E-state index in [2.05, 4.69) is 9.97 Å². The normalized spacial score (nSPS) is 15.2. The van der Waals surface area contributed by atoms with Crippen molar-refractivity contribution in [2.45, 2.75) is 25.4 Å². The molecule has 82 valence electrons. The summed E-state index contributed by atoms with van der Waals surface area (Å²) in [7, 11) is 0. The third kappa shape index (κ3) is 1.64. The van der Waals surface area contributed by atoms with E-state index in [9.17, 15) is 4.79 Å². The molecule has 0 amide bonds.